The van der Waals surface area contributed by atoms with E-state index in [0.717, 1.165) is 71.0 Å². The number of methoxy groups -OCH3 is 1. The number of carbonyl (C=O) groups is 1. The number of aryl methyl sites for hydroxylation is 2. The van der Waals surface area contributed by atoms with E-state index < -0.39 is 0 Å². The summed E-state index contributed by atoms with van der Waals surface area (Å²) >= 11 is 0. The van der Waals surface area contributed by atoms with Gasteiger partial charge in [0.05, 0.1) is 24.8 Å². The lowest BCUT2D eigenvalue weighted by atomic mass is 10.1. The first kappa shape index (κ1) is 26.5. The Bertz CT molecular complexity index is 1490. The Balaban J connectivity index is 1.28. The highest BCUT2D eigenvalue weighted by atomic mass is 16.5. The minimum atomic E-state index is 0.0550. The fourth-order valence-corrected chi connectivity index (χ4v) is 5.46. The van der Waals surface area contributed by atoms with Gasteiger partial charge in [-0.2, -0.15) is 0 Å². The number of ether oxygens (including phenoxy) is 2. The number of fused-ring (bicyclic) bond motifs is 1. The molecule has 0 saturated carbocycles. The molecule has 1 amide bonds. The third kappa shape index (κ3) is 5.56. The first-order chi connectivity index (χ1) is 19.0. The lowest BCUT2D eigenvalue weighted by Gasteiger charge is -2.20. The molecule has 0 aliphatic carbocycles. The second-order valence-electron chi connectivity index (χ2n) is 10.3. The van der Waals surface area contributed by atoms with E-state index >= 15 is 0 Å². The molecule has 202 valence electrons. The Morgan fingerprint density at radius 1 is 1.05 bits per heavy atom. The zero-order valence-electron chi connectivity index (χ0n) is 23.2. The Labute approximate surface area is 230 Å². The van der Waals surface area contributed by atoms with Crippen molar-refractivity contribution < 1.29 is 14.3 Å². The predicted molar refractivity (Wildman–Crippen MR) is 157 cm³/mol. The molecular weight excluding hydrogens is 486 g/mol. The van der Waals surface area contributed by atoms with Crippen molar-refractivity contribution in [3.63, 3.8) is 0 Å². The van der Waals surface area contributed by atoms with Crippen LogP contribution in [-0.4, -0.2) is 35.7 Å². The average Bonchev–Trinajstić information content (AvgIpc) is 3.51. The highest BCUT2D eigenvalue weighted by Gasteiger charge is 2.35. The van der Waals surface area contributed by atoms with E-state index in [1.54, 1.807) is 7.11 Å². The minimum Gasteiger partial charge on any atom is -0.493 e. The monoisotopic (exact) mass is 523 g/mol. The van der Waals surface area contributed by atoms with Crippen molar-refractivity contribution in [3.8, 4) is 11.5 Å². The van der Waals surface area contributed by atoms with E-state index in [0.29, 0.717) is 19.6 Å². The van der Waals surface area contributed by atoms with Gasteiger partial charge in [-0.15, -0.1) is 6.58 Å². The van der Waals surface area contributed by atoms with Crippen LogP contribution in [0.4, 0.5) is 5.69 Å². The standard InChI is InChI=1S/C33H37N3O3/c1-5-11-25-16-17-30(31(20-25)38-4)39-19-9-8-18-35-29-14-7-6-13-27(29)34-33(35)26-21-32(37)36(22-26)28-15-10-12-23(2)24(28)3/h5-7,10,12-17,20,26H,1,8-9,11,18-19,21-22H2,2-4H3. The van der Waals surface area contributed by atoms with E-state index in [4.69, 9.17) is 14.5 Å². The molecule has 6 heteroatoms. The van der Waals surface area contributed by atoms with Gasteiger partial charge in [0.2, 0.25) is 5.91 Å². The summed E-state index contributed by atoms with van der Waals surface area (Å²) in [5, 5.41) is 0. The molecule has 0 N–H and O–H groups in total. The Hall–Kier alpha value is -4.06. The molecule has 1 atom stereocenters. The number of rotatable bonds is 11. The van der Waals surface area contributed by atoms with E-state index in [-0.39, 0.29) is 11.8 Å². The molecular formula is C33H37N3O3. The number of imidazole rings is 1. The largest absolute Gasteiger partial charge is 0.493 e. The number of aromatic nitrogens is 2. The fraction of sp³-hybridized carbons (Fsp3) is 0.333. The van der Waals surface area contributed by atoms with Crippen molar-refractivity contribution >= 4 is 22.6 Å². The number of nitrogens with zero attached hydrogens (tertiary/aromatic N) is 3. The number of unbranched alkanes of at least 4 members (excludes halogenated alkanes) is 1. The molecule has 1 saturated heterocycles. The number of allylic oxidation sites excluding steroid dienone is 1. The number of hydrogen-bond acceptors (Lipinski definition) is 4. The molecule has 1 unspecified atom stereocenters. The van der Waals surface area contributed by atoms with Gasteiger partial charge < -0.3 is 18.9 Å². The maximum Gasteiger partial charge on any atom is 0.227 e. The number of hydrogen-bond donors (Lipinski definition) is 0. The molecule has 4 aromatic rings. The maximum atomic E-state index is 13.1. The van der Waals surface area contributed by atoms with Crippen LogP contribution in [0.1, 0.15) is 47.7 Å². The molecule has 1 fully saturated rings. The number of para-hydroxylation sites is 2. The van der Waals surface area contributed by atoms with Crippen LogP contribution in [0, 0.1) is 13.8 Å². The van der Waals surface area contributed by atoms with Crippen molar-refractivity contribution in [1.82, 2.24) is 9.55 Å². The third-order valence-corrected chi connectivity index (χ3v) is 7.68. The van der Waals surface area contributed by atoms with Crippen molar-refractivity contribution in [2.24, 2.45) is 0 Å². The van der Waals surface area contributed by atoms with Gasteiger partial charge in [-0.05, 0) is 80.1 Å². The normalized spacial score (nSPS) is 15.2. The fourth-order valence-electron chi connectivity index (χ4n) is 5.46. The van der Waals surface area contributed by atoms with E-state index in [1.807, 2.05) is 47.4 Å². The summed E-state index contributed by atoms with van der Waals surface area (Å²) in [4.78, 5) is 20.1. The molecule has 5 rings (SSSR count). The summed E-state index contributed by atoms with van der Waals surface area (Å²) in [6, 6.07) is 20.4. The SMILES string of the molecule is C=CCc1ccc(OCCCCn2c(C3CC(=O)N(c4cccc(C)c4C)C3)nc3ccccc32)c(OC)c1. The van der Waals surface area contributed by atoms with Crippen molar-refractivity contribution in [3.05, 3.63) is 95.8 Å². The molecule has 3 aromatic carbocycles. The lowest BCUT2D eigenvalue weighted by molar-refractivity contribution is -0.117. The van der Waals surface area contributed by atoms with Crippen LogP contribution in [-0.2, 0) is 17.8 Å². The Morgan fingerprint density at radius 3 is 2.72 bits per heavy atom. The summed E-state index contributed by atoms with van der Waals surface area (Å²) in [7, 11) is 1.67. The van der Waals surface area contributed by atoms with Crippen LogP contribution in [0.2, 0.25) is 0 Å². The van der Waals surface area contributed by atoms with Crippen LogP contribution in [0.15, 0.2) is 73.3 Å². The van der Waals surface area contributed by atoms with Crippen LogP contribution >= 0.6 is 0 Å². The average molecular weight is 524 g/mol. The molecule has 1 aliphatic rings. The summed E-state index contributed by atoms with van der Waals surface area (Å²) in [6.07, 6.45) is 4.98. The third-order valence-electron chi connectivity index (χ3n) is 7.68. The van der Waals surface area contributed by atoms with E-state index in [1.165, 1.54) is 5.56 Å². The second kappa shape index (κ2) is 11.8. The number of benzene rings is 3. The first-order valence-electron chi connectivity index (χ1n) is 13.7. The molecule has 39 heavy (non-hydrogen) atoms. The van der Waals surface area contributed by atoms with Crippen molar-refractivity contribution in [2.75, 3.05) is 25.2 Å². The van der Waals surface area contributed by atoms with E-state index in [9.17, 15) is 4.79 Å². The minimum absolute atomic E-state index is 0.0550. The van der Waals surface area contributed by atoms with Gasteiger partial charge in [-0.1, -0.05) is 36.4 Å². The molecule has 1 aromatic heterocycles. The van der Waals surface area contributed by atoms with Gasteiger partial charge in [0.1, 0.15) is 5.82 Å². The number of carbonyl (C=O) groups excluding carboxylic acids is 1. The molecule has 1 aliphatic heterocycles. The molecule has 6 nitrogen and oxygen atoms in total. The summed E-state index contributed by atoms with van der Waals surface area (Å²) in [5.41, 5.74) is 6.61. The van der Waals surface area contributed by atoms with Gasteiger partial charge in [-0.3, -0.25) is 4.79 Å². The van der Waals surface area contributed by atoms with Gasteiger partial charge in [0.15, 0.2) is 11.5 Å². The Kier molecular flexibility index (Phi) is 8.01. The van der Waals surface area contributed by atoms with Crippen LogP contribution in [0.25, 0.3) is 11.0 Å². The van der Waals surface area contributed by atoms with Crippen molar-refractivity contribution in [1.29, 1.82) is 0 Å². The lowest BCUT2D eigenvalue weighted by Crippen LogP contribution is -2.25. The van der Waals surface area contributed by atoms with Gasteiger partial charge in [0.25, 0.3) is 0 Å². The van der Waals surface area contributed by atoms with Crippen molar-refractivity contribution in [2.45, 2.75) is 52.0 Å². The Morgan fingerprint density at radius 2 is 1.90 bits per heavy atom. The topological polar surface area (TPSA) is 56.6 Å². The first-order valence-corrected chi connectivity index (χ1v) is 13.7. The summed E-state index contributed by atoms with van der Waals surface area (Å²) < 4.78 is 13.9. The number of anilines is 1. The quantitative estimate of drug-likeness (QED) is 0.161. The zero-order chi connectivity index (χ0) is 27.4. The maximum absolute atomic E-state index is 13.1. The molecule has 2 heterocycles. The molecule has 0 bridgehead atoms. The smallest absolute Gasteiger partial charge is 0.227 e. The summed E-state index contributed by atoms with van der Waals surface area (Å²) in [6.45, 7) is 10.1. The predicted octanol–water partition coefficient (Wildman–Crippen LogP) is 6.77. The second-order valence-corrected chi connectivity index (χ2v) is 10.3. The van der Waals surface area contributed by atoms with Crippen LogP contribution in [0.3, 0.4) is 0 Å². The van der Waals surface area contributed by atoms with Crippen LogP contribution in [0.5, 0.6) is 11.5 Å². The highest BCUT2D eigenvalue weighted by molar-refractivity contribution is 5.97. The molecule has 0 spiro atoms. The van der Waals surface area contributed by atoms with Gasteiger partial charge in [0, 0.05) is 31.1 Å². The highest BCUT2D eigenvalue weighted by Crippen LogP contribution is 2.35. The van der Waals surface area contributed by atoms with Crippen LogP contribution < -0.4 is 14.4 Å². The van der Waals surface area contributed by atoms with Gasteiger partial charge in [-0.25, -0.2) is 4.98 Å². The van der Waals surface area contributed by atoms with Gasteiger partial charge >= 0.3 is 0 Å². The zero-order valence-corrected chi connectivity index (χ0v) is 23.2. The van der Waals surface area contributed by atoms with E-state index in [2.05, 4.69) is 49.3 Å². The summed E-state index contributed by atoms with van der Waals surface area (Å²) in [5.74, 6) is 2.72. The number of amides is 1. The molecule has 0 radical (unpaired) electrons.